The van der Waals surface area contributed by atoms with Gasteiger partial charge in [0.1, 0.15) is 10.7 Å². The average Bonchev–Trinajstić information content (AvgIpc) is 2.43. The van der Waals surface area contributed by atoms with Crippen molar-refractivity contribution in [3.05, 3.63) is 18.3 Å². The summed E-state index contributed by atoms with van der Waals surface area (Å²) in [5.41, 5.74) is 2.37. The summed E-state index contributed by atoms with van der Waals surface area (Å²) < 4.78 is 26.6. The summed E-state index contributed by atoms with van der Waals surface area (Å²) >= 11 is 0. The van der Waals surface area contributed by atoms with Crippen molar-refractivity contribution in [3.8, 4) is 0 Å². The molecule has 1 rings (SSSR count). The zero-order chi connectivity index (χ0) is 15.2. The van der Waals surface area contributed by atoms with Gasteiger partial charge in [-0.2, -0.15) is 4.31 Å². The van der Waals surface area contributed by atoms with E-state index in [9.17, 15) is 8.42 Å². The Bertz CT molecular complexity index is 501. The first-order valence-corrected chi connectivity index (χ1v) is 7.93. The number of nitrogens with zero attached hydrogens (tertiary/aromatic N) is 3. The van der Waals surface area contributed by atoms with Crippen LogP contribution in [0.25, 0.3) is 0 Å². The Kier molecular flexibility index (Phi) is 6.34. The molecule has 0 spiro atoms. The third-order valence-electron chi connectivity index (χ3n) is 2.79. The average molecular weight is 301 g/mol. The quantitative estimate of drug-likeness (QED) is 0.531. The Morgan fingerprint density at radius 2 is 1.95 bits per heavy atom. The third-order valence-corrected chi connectivity index (χ3v) is 4.67. The number of rotatable bonds is 8. The van der Waals surface area contributed by atoms with Crippen LogP contribution in [0.4, 0.5) is 5.82 Å². The lowest BCUT2D eigenvalue weighted by Gasteiger charge is -2.23. The van der Waals surface area contributed by atoms with Crippen LogP contribution in [0.15, 0.2) is 23.2 Å². The molecule has 0 atom stereocenters. The van der Waals surface area contributed by atoms with E-state index < -0.39 is 10.0 Å². The van der Waals surface area contributed by atoms with Crippen molar-refractivity contribution in [2.75, 3.05) is 39.2 Å². The topological polar surface area (TPSA) is 91.6 Å². The highest BCUT2D eigenvalue weighted by molar-refractivity contribution is 7.89. The molecule has 0 aromatic carbocycles. The van der Waals surface area contributed by atoms with Gasteiger partial charge in [0.15, 0.2) is 0 Å². The van der Waals surface area contributed by atoms with Gasteiger partial charge in [0.05, 0.1) is 0 Å². The Hall–Kier alpha value is -1.22. The van der Waals surface area contributed by atoms with E-state index in [2.05, 4.69) is 10.4 Å². The number of hydrogen-bond acceptors (Lipinski definition) is 6. The monoisotopic (exact) mass is 301 g/mol. The van der Waals surface area contributed by atoms with E-state index in [1.807, 2.05) is 25.9 Å². The maximum Gasteiger partial charge on any atom is 0.244 e. The molecule has 0 saturated carbocycles. The first-order valence-electron chi connectivity index (χ1n) is 6.49. The molecular formula is C12H23N5O2S. The van der Waals surface area contributed by atoms with E-state index in [1.54, 1.807) is 6.07 Å². The zero-order valence-electron chi connectivity index (χ0n) is 12.2. The number of pyridine rings is 1. The Balaban J connectivity index is 2.95. The molecule has 0 aliphatic carbocycles. The molecule has 7 nitrogen and oxygen atoms in total. The fraction of sp³-hybridized carbons (Fsp3) is 0.583. The number of aromatic nitrogens is 1. The number of likely N-dealkylation sites (N-methyl/N-ethyl adjacent to an activating group) is 1. The van der Waals surface area contributed by atoms with E-state index in [-0.39, 0.29) is 4.90 Å². The summed E-state index contributed by atoms with van der Waals surface area (Å²) in [5, 5.41) is 0. The van der Waals surface area contributed by atoms with Gasteiger partial charge < -0.3 is 10.3 Å². The molecule has 0 amide bonds. The van der Waals surface area contributed by atoms with Crippen LogP contribution in [-0.4, -0.2) is 56.3 Å². The van der Waals surface area contributed by atoms with Gasteiger partial charge in [-0.1, -0.05) is 6.92 Å². The van der Waals surface area contributed by atoms with Gasteiger partial charge in [0.2, 0.25) is 10.0 Å². The molecule has 0 bridgehead atoms. The van der Waals surface area contributed by atoms with Gasteiger partial charge in [-0.15, -0.1) is 0 Å². The molecular weight excluding hydrogens is 278 g/mol. The lowest BCUT2D eigenvalue weighted by atomic mass is 10.4. The molecule has 8 heteroatoms. The van der Waals surface area contributed by atoms with Crippen LogP contribution in [0, 0.1) is 0 Å². The Labute approximate surface area is 120 Å². The molecule has 1 heterocycles. The predicted octanol–water partition coefficient (Wildman–Crippen LogP) is 0.330. The van der Waals surface area contributed by atoms with Gasteiger partial charge in [-0.25, -0.2) is 19.2 Å². The van der Waals surface area contributed by atoms with Gasteiger partial charge in [0, 0.05) is 25.8 Å². The van der Waals surface area contributed by atoms with Crippen molar-refractivity contribution in [2.45, 2.75) is 18.2 Å². The highest BCUT2D eigenvalue weighted by Crippen LogP contribution is 2.16. The fourth-order valence-corrected chi connectivity index (χ4v) is 3.15. The van der Waals surface area contributed by atoms with Crippen LogP contribution in [0.3, 0.4) is 0 Å². The molecule has 0 aliphatic rings. The Morgan fingerprint density at radius 1 is 1.25 bits per heavy atom. The molecule has 0 fully saturated rings. The predicted molar refractivity (Wildman–Crippen MR) is 79.7 cm³/mol. The van der Waals surface area contributed by atoms with Crippen LogP contribution in [0.1, 0.15) is 13.3 Å². The lowest BCUT2D eigenvalue weighted by molar-refractivity contribution is 0.333. The van der Waals surface area contributed by atoms with Crippen LogP contribution < -0.4 is 11.3 Å². The Morgan fingerprint density at radius 3 is 2.40 bits per heavy atom. The molecule has 0 radical (unpaired) electrons. The second-order valence-electron chi connectivity index (χ2n) is 4.73. The summed E-state index contributed by atoms with van der Waals surface area (Å²) in [7, 11) is 0.325. The standard InChI is InChI=1S/C12H23N5O2S/c1-4-7-17(9-8-16(2)3)20(18,19)11-5-6-12(15-13)14-10-11/h5-6,10H,4,7-9,13H2,1-3H3,(H,14,15). The minimum Gasteiger partial charge on any atom is -0.308 e. The molecule has 1 aromatic rings. The number of nitrogen functional groups attached to an aromatic ring is 1. The summed E-state index contributed by atoms with van der Waals surface area (Å²) in [6.07, 6.45) is 2.09. The first kappa shape index (κ1) is 16.8. The number of sulfonamides is 1. The minimum absolute atomic E-state index is 0.184. The zero-order valence-corrected chi connectivity index (χ0v) is 13.0. The van der Waals surface area contributed by atoms with Gasteiger partial charge in [-0.3, -0.25) is 0 Å². The molecule has 3 N–H and O–H groups in total. The van der Waals surface area contributed by atoms with Crippen LogP contribution in [-0.2, 0) is 10.0 Å². The normalized spacial score (nSPS) is 12.1. The van der Waals surface area contributed by atoms with Crippen LogP contribution in [0.5, 0.6) is 0 Å². The smallest absolute Gasteiger partial charge is 0.244 e. The van der Waals surface area contributed by atoms with E-state index >= 15 is 0 Å². The molecule has 0 unspecified atom stereocenters. The summed E-state index contributed by atoms with van der Waals surface area (Å²) in [6.45, 7) is 3.58. The third kappa shape index (κ3) is 4.41. The maximum atomic E-state index is 12.6. The van der Waals surface area contributed by atoms with Crippen molar-refractivity contribution in [2.24, 2.45) is 5.84 Å². The van der Waals surface area contributed by atoms with E-state index in [4.69, 9.17) is 5.84 Å². The van der Waals surface area contributed by atoms with Crippen molar-refractivity contribution in [1.82, 2.24) is 14.2 Å². The minimum atomic E-state index is -3.51. The number of hydrogen-bond donors (Lipinski definition) is 2. The SMILES string of the molecule is CCCN(CCN(C)C)S(=O)(=O)c1ccc(NN)nc1. The lowest BCUT2D eigenvalue weighted by Crippen LogP contribution is -2.37. The van der Waals surface area contributed by atoms with Gasteiger partial charge in [-0.05, 0) is 32.6 Å². The molecule has 0 saturated heterocycles. The maximum absolute atomic E-state index is 12.6. The summed E-state index contributed by atoms with van der Waals surface area (Å²) in [5.74, 6) is 5.65. The second kappa shape index (κ2) is 7.53. The number of hydrazine groups is 1. The fourth-order valence-electron chi connectivity index (χ4n) is 1.68. The number of nitrogens with one attached hydrogen (secondary N) is 1. The van der Waals surface area contributed by atoms with Crippen molar-refractivity contribution >= 4 is 15.8 Å². The van der Waals surface area contributed by atoms with E-state index in [0.717, 1.165) is 6.42 Å². The van der Waals surface area contributed by atoms with Crippen molar-refractivity contribution in [1.29, 1.82) is 0 Å². The molecule has 0 aliphatic heterocycles. The van der Waals surface area contributed by atoms with Gasteiger partial charge in [0.25, 0.3) is 0 Å². The summed E-state index contributed by atoms with van der Waals surface area (Å²) in [6, 6.07) is 3.05. The number of anilines is 1. The largest absolute Gasteiger partial charge is 0.308 e. The molecule has 20 heavy (non-hydrogen) atoms. The molecule has 114 valence electrons. The van der Waals surface area contributed by atoms with Crippen molar-refractivity contribution in [3.63, 3.8) is 0 Å². The highest BCUT2D eigenvalue weighted by atomic mass is 32.2. The number of nitrogens with two attached hydrogens (primary N) is 1. The highest BCUT2D eigenvalue weighted by Gasteiger charge is 2.23. The summed E-state index contributed by atoms with van der Waals surface area (Å²) in [4.78, 5) is 6.09. The van der Waals surface area contributed by atoms with Crippen molar-refractivity contribution < 1.29 is 8.42 Å². The molecule has 1 aromatic heterocycles. The van der Waals surface area contributed by atoms with Gasteiger partial charge >= 0.3 is 0 Å². The second-order valence-corrected chi connectivity index (χ2v) is 6.67. The first-order chi connectivity index (χ1) is 9.41. The van der Waals surface area contributed by atoms with E-state index in [0.29, 0.717) is 25.5 Å². The van der Waals surface area contributed by atoms with Crippen LogP contribution in [0.2, 0.25) is 0 Å². The van der Waals surface area contributed by atoms with Crippen LogP contribution >= 0.6 is 0 Å². The van der Waals surface area contributed by atoms with E-state index in [1.165, 1.54) is 16.6 Å².